The number of likely N-dealkylation sites (tertiary alicyclic amines) is 3. The number of benzene rings is 6. The summed E-state index contributed by atoms with van der Waals surface area (Å²) in [6.07, 6.45) is 3.58. The van der Waals surface area contributed by atoms with Gasteiger partial charge in [0.15, 0.2) is 0 Å². The molecule has 9 aliphatic rings. The van der Waals surface area contributed by atoms with Crippen molar-refractivity contribution in [2.24, 2.45) is 17.3 Å². The largest absolute Gasteiger partial charge is 0.419 e. The molecule has 7 saturated heterocycles. The topological polar surface area (TPSA) is 231 Å². The second kappa shape index (κ2) is 41.3. The molecule has 7 fully saturated rings. The lowest BCUT2D eigenvalue weighted by Crippen LogP contribution is -2.50. The Hall–Kier alpha value is -9.52. The molecule has 694 valence electrons. The molecule has 9 aliphatic heterocycles. The van der Waals surface area contributed by atoms with Crippen LogP contribution in [0.3, 0.4) is 0 Å². The summed E-state index contributed by atoms with van der Waals surface area (Å²) in [4.78, 5) is 143. The van der Waals surface area contributed by atoms with Gasteiger partial charge in [-0.3, -0.25) is 33.3 Å². The molecule has 16 rings (SSSR count). The number of carbonyl (C=O) groups is 8. The Morgan fingerprint density at radius 2 is 0.914 bits per heavy atom. The lowest BCUT2D eigenvalue weighted by molar-refractivity contribution is -0.140. The number of likely N-dealkylation sites (N-methyl/N-ethyl adjacent to an activating group) is 1. The van der Waals surface area contributed by atoms with E-state index in [4.69, 9.17) is 0 Å². The van der Waals surface area contributed by atoms with Gasteiger partial charge in [-0.25, -0.2) is 18.8 Å². The number of aromatic nitrogens is 2. The summed E-state index contributed by atoms with van der Waals surface area (Å²) >= 11 is 4.33. The Bertz CT molecular complexity index is 5220. The van der Waals surface area contributed by atoms with Gasteiger partial charge in [-0.15, -0.1) is 35.3 Å². The lowest BCUT2D eigenvalue weighted by Gasteiger charge is -2.38. The van der Waals surface area contributed by atoms with Gasteiger partial charge in [0.2, 0.25) is 35.4 Å². The number of amides is 10. The highest BCUT2D eigenvalue weighted by Gasteiger charge is 2.49. The Morgan fingerprint density at radius 3 is 1.40 bits per heavy atom. The number of urea groups is 2. The van der Waals surface area contributed by atoms with Gasteiger partial charge < -0.3 is 64.6 Å². The number of piperazine rings is 1. The van der Waals surface area contributed by atoms with Crippen molar-refractivity contribution in [1.29, 1.82) is 0 Å². The minimum atomic E-state index is -4.87. The molecule has 0 spiro atoms. The highest BCUT2D eigenvalue weighted by molar-refractivity contribution is 8.01. The van der Waals surface area contributed by atoms with Gasteiger partial charge in [-0.05, 0) is 180 Å². The van der Waals surface area contributed by atoms with Crippen LogP contribution in [0.5, 0.6) is 0 Å². The maximum absolute atomic E-state index is 15.1. The van der Waals surface area contributed by atoms with Crippen molar-refractivity contribution in [3.63, 3.8) is 0 Å². The second-order valence-electron chi connectivity index (χ2n) is 37.9. The number of aryl methyl sites for hydroxylation is 3. The van der Waals surface area contributed by atoms with Crippen LogP contribution in [-0.4, -0.2) is 234 Å². The number of rotatable bonds is 21. The number of thioether (sulfide) groups is 3. The molecule has 7 aromatic rings. The average Bonchev–Trinajstić information content (AvgIpc) is 1.65. The molecule has 0 bridgehead atoms. The van der Waals surface area contributed by atoms with Crippen molar-refractivity contribution in [3.8, 4) is 0 Å². The van der Waals surface area contributed by atoms with Crippen molar-refractivity contribution in [2.75, 3.05) is 121 Å². The monoisotopic (exact) mass is 1820 g/mol. The summed E-state index contributed by atoms with van der Waals surface area (Å²) in [5.41, 5.74) is 11.3. The molecular weight excluding hydrogens is 1690 g/mol. The number of aromatic amines is 1. The minimum absolute atomic E-state index is 0. The molecule has 6 atom stereocenters. The van der Waals surface area contributed by atoms with Crippen LogP contribution < -0.4 is 21.2 Å². The molecule has 10 amide bonds. The van der Waals surface area contributed by atoms with Crippen molar-refractivity contribution in [2.45, 2.75) is 215 Å². The number of carbonyl (C=O) groups excluding carboxylic acids is 8. The zero-order chi connectivity index (χ0) is 91.2. The van der Waals surface area contributed by atoms with Crippen LogP contribution in [0.4, 0.5) is 44.2 Å². The first-order valence-corrected chi connectivity index (χ1v) is 48.6. The fourth-order valence-corrected chi connectivity index (χ4v) is 24.0. The first-order chi connectivity index (χ1) is 61.1. The molecule has 0 aliphatic carbocycles. The van der Waals surface area contributed by atoms with Crippen LogP contribution in [0, 0.1) is 43.8 Å². The first-order valence-electron chi connectivity index (χ1n) is 45.8. The normalized spacial score (nSPS) is 21.9. The number of para-hydroxylation sites is 5. The van der Waals surface area contributed by atoms with Gasteiger partial charge in [0.05, 0.1) is 32.3 Å². The highest BCUT2D eigenvalue weighted by Crippen LogP contribution is 2.51. The van der Waals surface area contributed by atoms with Crippen LogP contribution in [0.15, 0.2) is 132 Å². The zero-order valence-electron chi connectivity index (χ0n) is 75.8. The molecule has 0 saturated carbocycles. The van der Waals surface area contributed by atoms with Crippen molar-refractivity contribution in [1.82, 2.24) is 53.7 Å². The van der Waals surface area contributed by atoms with Gasteiger partial charge in [-0.2, -0.15) is 13.2 Å². The van der Waals surface area contributed by atoms with Gasteiger partial charge >= 0.3 is 23.9 Å². The number of hydrogen-bond donors (Lipinski definition) is 3. The molecule has 10 heterocycles. The van der Waals surface area contributed by atoms with Gasteiger partial charge in [-0.1, -0.05) is 145 Å². The lowest BCUT2D eigenvalue weighted by atomic mass is 9.92. The summed E-state index contributed by atoms with van der Waals surface area (Å²) in [5.74, 6) is -1.03. The SMILES string of the molecule is CC(C)CCN1C(=O)C(CC(=O)N2CCC(N3CCc4ccccc4NC3=O)CC2)SC1c1cccc(C(F)(F)F)c1F.CN1CCN(c2ccccc2[C@H]2SC(CC(=O)N3CCC(n4c(=O)[nH]c5ccccc54)CC3)C(=O)N2CCC(C)(C)C)CC1.Cc1cc(C)c(C2SC(CC(=O)N3CCC(N4CCc5ccccc5NC4=O)CC3)C(=O)N2CCC(C)C)c(C)c1.[HH].[HH].[HH]. The number of anilines is 3. The standard InChI is InChI=1S/C34H46N6O3S.C33H44N4O3S.C31H36F4N4O3S.3H2/c1-34(2,3)15-18-39-31(42)29(44-32(39)25-9-5-7-11-27(25)37-21-19-36(4)20-22-37)23-30(41)38-16-13-24(14-17-38)40-28-12-8-6-10-26(28)35-33(40)43;1-21(2)10-16-37-31(39)28(41-32(37)30-23(4)18-22(3)19-24(30)5)20-29(38)35-14-12-26(13-15-35)36-17-11-25-8-6-7-9-27(25)34-33(36)40;1-19(2)10-16-39-28(41)25(43-29(39)22-7-5-8-23(27(22)32)31(33,34)35)18-26(40)37-14-12-21(13-15-37)38-17-11-20-6-3-4-9-24(20)36-30(38)42;;;/h5-12,24,29,32H,13-23H2,1-4H3,(H,35,43);6-9,18-19,21,26,28,32H,10-17,20H2,1-5H3,(H,34,40);3-9,19,21,25,29H,10-18H2,1-2H3,(H,36,42);3*1H/t29?,32-;;;;;/m1...../s1. The van der Waals surface area contributed by atoms with Crippen molar-refractivity contribution < 1.29 is 60.2 Å². The van der Waals surface area contributed by atoms with E-state index in [0.29, 0.717) is 96.7 Å². The number of piperidine rings is 3. The molecule has 30 heteroatoms. The predicted molar refractivity (Wildman–Crippen MR) is 507 cm³/mol. The number of halogens is 4. The number of hydrogen-bond acceptors (Lipinski definition) is 14. The number of H-pyrrole nitrogens is 1. The van der Waals surface area contributed by atoms with Crippen LogP contribution in [-0.2, 0) is 47.8 Å². The third-order valence-electron chi connectivity index (χ3n) is 26.7. The molecular formula is C98H132F4N14O9S3. The third-order valence-corrected chi connectivity index (χ3v) is 31.1. The van der Waals surface area contributed by atoms with Gasteiger partial charge in [0, 0.05) is 168 Å². The van der Waals surface area contributed by atoms with Crippen molar-refractivity contribution in [3.05, 3.63) is 194 Å². The number of nitrogens with one attached hydrogen (secondary N) is 3. The van der Waals surface area contributed by atoms with E-state index >= 15 is 4.39 Å². The van der Waals surface area contributed by atoms with E-state index < -0.39 is 33.4 Å². The quantitative estimate of drug-likeness (QED) is 0.0568. The number of nitrogens with zero attached hydrogens (tertiary/aromatic N) is 11. The molecule has 128 heavy (non-hydrogen) atoms. The smallest absolute Gasteiger partial charge is 0.369 e. The second-order valence-corrected chi connectivity index (χ2v) is 41.8. The number of fused-ring (bicyclic) bond motifs is 3. The number of imidazole rings is 1. The zero-order valence-corrected chi connectivity index (χ0v) is 78.3. The Labute approximate surface area is 767 Å². The van der Waals surface area contributed by atoms with Gasteiger partial charge in [0.25, 0.3) is 0 Å². The summed E-state index contributed by atoms with van der Waals surface area (Å²) in [6.45, 7) is 31.4. The fraction of sp³-hybridized carbons (Fsp3) is 0.541. The molecule has 3 N–H and O–H groups in total. The minimum Gasteiger partial charge on any atom is -0.369 e. The van der Waals surface area contributed by atoms with Crippen LogP contribution in [0.1, 0.15) is 202 Å². The number of alkyl halides is 3. The molecule has 5 unspecified atom stereocenters. The van der Waals surface area contributed by atoms with E-state index in [-0.39, 0.29) is 134 Å². The van der Waals surface area contributed by atoms with E-state index in [9.17, 15) is 56.3 Å². The summed E-state index contributed by atoms with van der Waals surface area (Å²) in [5, 5.41) is 3.33. The van der Waals surface area contributed by atoms with Crippen LogP contribution in [0.2, 0.25) is 0 Å². The predicted octanol–water partition coefficient (Wildman–Crippen LogP) is 17.8. The molecule has 6 aromatic carbocycles. The van der Waals surface area contributed by atoms with E-state index in [1.165, 1.54) is 44.5 Å². The van der Waals surface area contributed by atoms with E-state index in [2.05, 4.69) is 130 Å². The Morgan fingerprint density at radius 1 is 0.492 bits per heavy atom. The van der Waals surface area contributed by atoms with Crippen LogP contribution in [0.25, 0.3) is 11.0 Å². The highest BCUT2D eigenvalue weighted by atomic mass is 32.2. The average molecular weight is 1820 g/mol. The molecule has 1 aromatic heterocycles. The Kier molecular flexibility index (Phi) is 30.5. The maximum Gasteiger partial charge on any atom is 0.419 e. The third kappa shape index (κ3) is 22.2. The van der Waals surface area contributed by atoms with E-state index in [1.807, 2.05) is 115 Å². The fourth-order valence-electron chi connectivity index (χ4n) is 19.4. The molecule has 0 radical (unpaired) electrons. The van der Waals surface area contributed by atoms with Gasteiger partial charge in [0.1, 0.15) is 21.9 Å². The maximum atomic E-state index is 15.1. The van der Waals surface area contributed by atoms with Crippen molar-refractivity contribution >= 4 is 111 Å². The summed E-state index contributed by atoms with van der Waals surface area (Å²) in [7, 11) is 2.16. The summed E-state index contributed by atoms with van der Waals surface area (Å²) in [6, 6.07) is 39.4. The first kappa shape index (κ1) is 94.6. The van der Waals surface area contributed by atoms with Crippen LogP contribution >= 0.6 is 35.3 Å². The Balaban J connectivity index is 0.000000188. The van der Waals surface area contributed by atoms with E-state index in [1.54, 1.807) is 28.4 Å². The summed E-state index contributed by atoms with van der Waals surface area (Å²) < 4.78 is 57.3. The van der Waals surface area contributed by atoms with E-state index in [0.717, 1.165) is 129 Å². The molecule has 23 nitrogen and oxygen atoms in total.